The summed E-state index contributed by atoms with van der Waals surface area (Å²) >= 11 is 3.29. The minimum atomic E-state index is -4.94. The smallest absolute Gasteiger partial charge is 0.481 e. The van der Waals surface area contributed by atoms with E-state index in [0.29, 0.717) is 11.1 Å². The van der Waals surface area contributed by atoms with E-state index < -0.39 is 35.7 Å². The number of aliphatic carboxylic acids is 1. The quantitative estimate of drug-likeness (QED) is 0.273. The molecule has 11 heteroatoms. The highest BCUT2D eigenvalue weighted by atomic mass is 79.9. The van der Waals surface area contributed by atoms with Gasteiger partial charge in [-0.2, -0.15) is 0 Å². The van der Waals surface area contributed by atoms with Gasteiger partial charge >= 0.3 is 12.3 Å². The van der Waals surface area contributed by atoms with Crippen LogP contribution in [0.15, 0.2) is 77.3 Å². The first-order valence-corrected chi connectivity index (χ1v) is 12.0. The number of halogens is 4. The predicted octanol–water partition coefficient (Wildman–Crippen LogP) is 5.79. The van der Waals surface area contributed by atoms with E-state index in [2.05, 4.69) is 26.0 Å². The van der Waals surface area contributed by atoms with Crippen molar-refractivity contribution in [3.8, 4) is 5.75 Å². The van der Waals surface area contributed by atoms with E-state index in [-0.39, 0.29) is 36.3 Å². The van der Waals surface area contributed by atoms with E-state index in [1.807, 2.05) is 0 Å². The number of carbonyl (C=O) groups excluding carboxylic acids is 3. The first kappa shape index (κ1) is 28.6. The van der Waals surface area contributed by atoms with Gasteiger partial charge in [-0.25, -0.2) is 0 Å². The van der Waals surface area contributed by atoms with Crippen LogP contribution in [-0.4, -0.2) is 41.5 Å². The zero-order valence-electron chi connectivity index (χ0n) is 19.6. The van der Waals surface area contributed by atoms with Gasteiger partial charge in [0.2, 0.25) is 0 Å². The molecule has 0 fully saturated rings. The Hall–Kier alpha value is -3.99. The third-order valence-corrected chi connectivity index (χ3v) is 5.95. The van der Waals surface area contributed by atoms with Crippen LogP contribution in [-0.2, 0) is 4.79 Å². The standard InChI is InChI=1S/C27H21BrF3NO6/c28-20-10-8-17(9-11-20)23(33)15-22(25(36)19-2-1-3-21(14-19)38-27(29,30)31)16-4-6-18(7-5-16)26(37)32-13-12-24(34)35/h1-11,14,22H,12-13,15H2,(H,32,37)(H,34,35). The Bertz CT molecular complexity index is 1320. The Kier molecular flexibility index (Phi) is 9.40. The van der Waals surface area contributed by atoms with Crippen molar-refractivity contribution in [2.45, 2.75) is 25.1 Å². The van der Waals surface area contributed by atoms with Gasteiger partial charge in [-0.1, -0.05) is 52.3 Å². The van der Waals surface area contributed by atoms with E-state index in [4.69, 9.17) is 5.11 Å². The molecule has 0 aromatic heterocycles. The number of benzene rings is 3. The minimum absolute atomic E-state index is 0.0743. The van der Waals surface area contributed by atoms with E-state index in [0.717, 1.165) is 16.6 Å². The molecule has 0 bridgehead atoms. The van der Waals surface area contributed by atoms with Crippen molar-refractivity contribution in [3.05, 3.63) is 99.5 Å². The van der Waals surface area contributed by atoms with Crippen LogP contribution in [0.5, 0.6) is 5.75 Å². The van der Waals surface area contributed by atoms with Crippen molar-refractivity contribution in [3.63, 3.8) is 0 Å². The number of amides is 1. The molecule has 0 radical (unpaired) electrons. The normalized spacial score (nSPS) is 11.9. The molecule has 3 rings (SSSR count). The summed E-state index contributed by atoms with van der Waals surface area (Å²) in [5.74, 6) is -4.22. The van der Waals surface area contributed by atoms with Crippen LogP contribution in [0.2, 0.25) is 0 Å². The molecule has 0 aliphatic rings. The van der Waals surface area contributed by atoms with Crippen LogP contribution in [0, 0.1) is 0 Å². The third-order valence-electron chi connectivity index (χ3n) is 5.42. The number of alkyl halides is 3. The maximum absolute atomic E-state index is 13.5. The molecule has 0 saturated carbocycles. The molecule has 1 atom stereocenters. The Labute approximate surface area is 223 Å². The molecule has 0 heterocycles. The SMILES string of the molecule is O=C(O)CCNC(=O)c1ccc(C(CC(=O)c2ccc(Br)cc2)C(=O)c2cccc(OC(F)(F)F)c2)cc1. The molecule has 198 valence electrons. The van der Waals surface area contributed by atoms with Crippen LogP contribution < -0.4 is 10.1 Å². The van der Waals surface area contributed by atoms with Crippen molar-refractivity contribution in [1.82, 2.24) is 5.32 Å². The van der Waals surface area contributed by atoms with Crippen LogP contribution in [0.25, 0.3) is 0 Å². The largest absolute Gasteiger partial charge is 0.573 e. The van der Waals surface area contributed by atoms with Gasteiger partial charge in [-0.3, -0.25) is 19.2 Å². The highest BCUT2D eigenvalue weighted by Crippen LogP contribution is 2.30. The molecule has 0 aliphatic carbocycles. The molecule has 3 aromatic carbocycles. The molecular formula is C27H21BrF3NO6. The predicted molar refractivity (Wildman–Crippen MR) is 134 cm³/mol. The van der Waals surface area contributed by atoms with Crippen molar-refractivity contribution in [2.24, 2.45) is 0 Å². The Morgan fingerprint density at radius 3 is 2.13 bits per heavy atom. The molecule has 7 nitrogen and oxygen atoms in total. The summed E-state index contributed by atoms with van der Waals surface area (Å²) in [6.45, 7) is -0.0743. The lowest BCUT2D eigenvalue weighted by Gasteiger charge is -2.17. The van der Waals surface area contributed by atoms with Gasteiger partial charge in [0.05, 0.1) is 12.3 Å². The maximum Gasteiger partial charge on any atom is 0.573 e. The lowest BCUT2D eigenvalue weighted by atomic mass is 9.85. The molecule has 2 N–H and O–H groups in total. The summed E-state index contributed by atoms with van der Waals surface area (Å²) in [6.07, 6.45) is -5.48. The average Bonchev–Trinajstić information content (AvgIpc) is 2.86. The second-order valence-corrected chi connectivity index (χ2v) is 9.06. The monoisotopic (exact) mass is 591 g/mol. The number of nitrogens with one attached hydrogen (secondary N) is 1. The fourth-order valence-corrected chi connectivity index (χ4v) is 3.86. The van der Waals surface area contributed by atoms with Crippen LogP contribution in [0.1, 0.15) is 55.4 Å². The zero-order chi connectivity index (χ0) is 27.9. The van der Waals surface area contributed by atoms with E-state index in [9.17, 15) is 32.3 Å². The summed E-state index contributed by atoms with van der Waals surface area (Å²) in [5, 5.41) is 11.2. The molecule has 0 aliphatic heterocycles. The van der Waals surface area contributed by atoms with E-state index in [1.165, 1.54) is 36.4 Å². The maximum atomic E-state index is 13.5. The number of rotatable bonds is 11. The van der Waals surface area contributed by atoms with Crippen molar-refractivity contribution in [2.75, 3.05) is 6.54 Å². The fraction of sp³-hybridized carbons (Fsp3) is 0.185. The molecule has 0 saturated heterocycles. The van der Waals surface area contributed by atoms with Gasteiger partial charge in [0.25, 0.3) is 5.91 Å². The summed E-state index contributed by atoms with van der Waals surface area (Å²) in [5.41, 5.74) is 0.820. The molecule has 38 heavy (non-hydrogen) atoms. The Balaban J connectivity index is 1.90. The number of carbonyl (C=O) groups is 4. The first-order valence-electron chi connectivity index (χ1n) is 11.2. The second-order valence-electron chi connectivity index (χ2n) is 8.15. The fourth-order valence-electron chi connectivity index (χ4n) is 3.60. The lowest BCUT2D eigenvalue weighted by molar-refractivity contribution is -0.274. The van der Waals surface area contributed by atoms with Crippen LogP contribution >= 0.6 is 15.9 Å². The third kappa shape index (κ3) is 8.27. The number of Topliss-reactive ketones (excluding diaryl/α,β-unsaturated/α-hetero) is 2. The van der Waals surface area contributed by atoms with Gasteiger partial charge in [0.1, 0.15) is 5.75 Å². The van der Waals surface area contributed by atoms with Gasteiger partial charge < -0.3 is 15.2 Å². The van der Waals surface area contributed by atoms with Crippen molar-refractivity contribution >= 4 is 39.4 Å². The molecule has 3 aromatic rings. The zero-order valence-corrected chi connectivity index (χ0v) is 21.2. The number of hydrogen-bond acceptors (Lipinski definition) is 5. The molecular weight excluding hydrogens is 571 g/mol. The first-order chi connectivity index (χ1) is 17.9. The van der Waals surface area contributed by atoms with Gasteiger partial charge in [-0.05, 0) is 42.0 Å². The summed E-state index contributed by atoms with van der Waals surface area (Å²) in [4.78, 5) is 49.4. The highest BCUT2D eigenvalue weighted by molar-refractivity contribution is 9.10. The van der Waals surface area contributed by atoms with Gasteiger partial charge in [0.15, 0.2) is 11.6 Å². The Morgan fingerprint density at radius 2 is 1.53 bits per heavy atom. The van der Waals surface area contributed by atoms with Crippen LogP contribution in [0.3, 0.4) is 0 Å². The average molecular weight is 592 g/mol. The van der Waals surface area contributed by atoms with Crippen LogP contribution in [0.4, 0.5) is 13.2 Å². The van der Waals surface area contributed by atoms with Crippen molar-refractivity contribution in [1.29, 1.82) is 0 Å². The number of carboxylic acids is 1. The van der Waals surface area contributed by atoms with E-state index >= 15 is 0 Å². The summed E-state index contributed by atoms with van der Waals surface area (Å²) in [7, 11) is 0. The number of ether oxygens (including phenoxy) is 1. The Morgan fingerprint density at radius 1 is 0.895 bits per heavy atom. The molecule has 0 spiro atoms. The minimum Gasteiger partial charge on any atom is -0.481 e. The van der Waals surface area contributed by atoms with E-state index in [1.54, 1.807) is 24.3 Å². The molecule has 1 amide bonds. The summed E-state index contributed by atoms with van der Waals surface area (Å²) in [6, 6.07) is 16.9. The topological polar surface area (TPSA) is 110 Å². The highest BCUT2D eigenvalue weighted by Gasteiger charge is 2.32. The summed E-state index contributed by atoms with van der Waals surface area (Å²) < 4.78 is 42.7. The van der Waals surface area contributed by atoms with Crippen molar-refractivity contribution < 1.29 is 42.2 Å². The number of ketones is 2. The number of hydrogen-bond donors (Lipinski definition) is 2. The second kappa shape index (κ2) is 12.5. The van der Waals surface area contributed by atoms with Gasteiger partial charge in [0, 0.05) is 34.1 Å². The van der Waals surface area contributed by atoms with Gasteiger partial charge in [-0.15, -0.1) is 13.2 Å². The lowest BCUT2D eigenvalue weighted by Crippen LogP contribution is -2.26. The molecule has 1 unspecified atom stereocenters. The number of carboxylic acid groups (broad SMARTS) is 1.